The zero-order valence-electron chi connectivity index (χ0n) is 17.9. The fourth-order valence-corrected chi connectivity index (χ4v) is 7.61. The molecule has 1 amide bonds. The van der Waals surface area contributed by atoms with E-state index in [1.807, 2.05) is 0 Å². The van der Waals surface area contributed by atoms with Gasteiger partial charge in [-0.15, -0.1) is 0 Å². The van der Waals surface area contributed by atoms with E-state index in [0.29, 0.717) is 43.2 Å². The number of hydrogen-bond donors (Lipinski definition) is 2. The summed E-state index contributed by atoms with van der Waals surface area (Å²) in [6, 6.07) is 5.16. The number of benzene rings is 1. The highest BCUT2D eigenvalue weighted by molar-refractivity contribution is 7.89. The number of carbonyl (C=O) groups excluding carboxylic acids is 1. The molecule has 29 heavy (non-hydrogen) atoms. The van der Waals surface area contributed by atoms with Gasteiger partial charge in [-0.2, -0.15) is 4.31 Å². The molecule has 2 saturated carbocycles. The summed E-state index contributed by atoms with van der Waals surface area (Å²) in [6.45, 7) is 10.8. The van der Waals surface area contributed by atoms with Crippen molar-refractivity contribution in [3.05, 3.63) is 29.3 Å². The zero-order chi connectivity index (χ0) is 21.0. The first-order valence-electron chi connectivity index (χ1n) is 10.7. The maximum atomic E-state index is 13.2. The molecule has 0 radical (unpaired) electrons. The number of rotatable bonds is 4. The molecule has 4 rings (SSSR count). The van der Waals surface area contributed by atoms with Gasteiger partial charge in [0.15, 0.2) is 0 Å². The number of aryl methyl sites for hydroxylation is 1. The van der Waals surface area contributed by atoms with Crippen molar-refractivity contribution < 1.29 is 13.2 Å². The van der Waals surface area contributed by atoms with Gasteiger partial charge in [0, 0.05) is 37.8 Å². The average Bonchev–Trinajstić information content (AvgIpc) is 3.17. The molecule has 2 aliphatic carbocycles. The first-order chi connectivity index (χ1) is 13.6. The summed E-state index contributed by atoms with van der Waals surface area (Å²) in [5.41, 5.74) is 1.28. The van der Waals surface area contributed by atoms with Gasteiger partial charge in [0.2, 0.25) is 10.0 Å². The van der Waals surface area contributed by atoms with E-state index in [0.717, 1.165) is 12.8 Å². The third-order valence-electron chi connectivity index (χ3n) is 7.69. The van der Waals surface area contributed by atoms with Crippen LogP contribution >= 0.6 is 0 Å². The minimum absolute atomic E-state index is 0.0586. The molecule has 1 aliphatic heterocycles. The first-order valence-corrected chi connectivity index (χ1v) is 12.1. The van der Waals surface area contributed by atoms with E-state index >= 15 is 0 Å². The number of carbonyl (C=O) groups is 1. The number of nitrogens with one attached hydrogen (secondary N) is 2. The fraction of sp³-hybridized carbons (Fsp3) is 0.682. The lowest BCUT2D eigenvalue weighted by atomic mass is 9.68. The molecule has 2 N–H and O–H groups in total. The second-order valence-corrected chi connectivity index (χ2v) is 11.9. The molecule has 0 spiro atoms. The highest BCUT2D eigenvalue weighted by atomic mass is 32.2. The molecule has 1 heterocycles. The van der Waals surface area contributed by atoms with Crippen LogP contribution in [-0.2, 0) is 10.0 Å². The van der Waals surface area contributed by atoms with E-state index in [2.05, 4.69) is 31.4 Å². The van der Waals surface area contributed by atoms with Gasteiger partial charge in [0.25, 0.3) is 5.91 Å². The molecule has 7 heteroatoms. The summed E-state index contributed by atoms with van der Waals surface area (Å²) in [5.74, 6) is 0.466. The average molecular weight is 420 g/mol. The second-order valence-electron chi connectivity index (χ2n) is 9.96. The Labute approximate surface area is 174 Å². The third kappa shape index (κ3) is 3.41. The van der Waals surface area contributed by atoms with Gasteiger partial charge >= 0.3 is 0 Å². The Morgan fingerprint density at radius 1 is 1.21 bits per heavy atom. The molecule has 3 aliphatic rings. The molecule has 160 valence electrons. The quantitative estimate of drug-likeness (QED) is 0.786. The Bertz CT molecular complexity index is 916. The van der Waals surface area contributed by atoms with Gasteiger partial charge in [0.1, 0.15) is 0 Å². The first kappa shape index (κ1) is 20.8. The molecular weight excluding hydrogens is 386 g/mol. The van der Waals surface area contributed by atoms with Gasteiger partial charge in [0.05, 0.1) is 4.90 Å². The third-order valence-corrected chi connectivity index (χ3v) is 9.73. The molecule has 1 aromatic carbocycles. The summed E-state index contributed by atoms with van der Waals surface area (Å²) in [5, 5.41) is 6.45. The number of sulfonamides is 1. The van der Waals surface area contributed by atoms with Crippen molar-refractivity contribution in [2.75, 3.05) is 26.2 Å². The van der Waals surface area contributed by atoms with Crippen molar-refractivity contribution in [3.63, 3.8) is 0 Å². The number of nitrogens with zero attached hydrogens (tertiary/aromatic N) is 1. The van der Waals surface area contributed by atoms with E-state index in [-0.39, 0.29) is 27.7 Å². The molecule has 3 fully saturated rings. The summed E-state index contributed by atoms with van der Waals surface area (Å²) in [7, 11) is -3.61. The Morgan fingerprint density at radius 2 is 1.90 bits per heavy atom. The van der Waals surface area contributed by atoms with Crippen molar-refractivity contribution in [2.45, 2.75) is 57.9 Å². The highest BCUT2D eigenvalue weighted by Gasteiger charge is 2.59. The summed E-state index contributed by atoms with van der Waals surface area (Å²) in [6.07, 6.45) is 3.53. The molecule has 1 saturated heterocycles. The normalized spacial score (nSPS) is 31.7. The minimum atomic E-state index is -3.61. The summed E-state index contributed by atoms with van der Waals surface area (Å²) in [4.78, 5) is 13.4. The largest absolute Gasteiger partial charge is 0.348 e. The van der Waals surface area contributed by atoms with Crippen molar-refractivity contribution in [1.82, 2.24) is 14.9 Å². The molecule has 1 aromatic rings. The monoisotopic (exact) mass is 419 g/mol. The van der Waals surface area contributed by atoms with Crippen molar-refractivity contribution in [1.29, 1.82) is 0 Å². The van der Waals surface area contributed by atoms with E-state index in [4.69, 9.17) is 0 Å². The predicted molar refractivity (Wildman–Crippen MR) is 113 cm³/mol. The lowest BCUT2D eigenvalue weighted by Crippen LogP contribution is -2.52. The number of fused-ring (bicyclic) bond motifs is 2. The Hall–Kier alpha value is -1.44. The number of piperazine rings is 1. The van der Waals surface area contributed by atoms with E-state index in [9.17, 15) is 13.2 Å². The van der Waals surface area contributed by atoms with Gasteiger partial charge in [-0.1, -0.05) is 26.8 Å². The van der Waals surface area contributed by atoms with E-state index in [1.165, 1.54) is 10.7 Å². The van der Waals surface area contributed by atoms with Crippen LogP contribution in [-0.4, -0.2) is 50.9 Å². The molecular formula is C22H33N3O3S. The van der Waals surface area contributed by atoms with Crippen LogP contribution in [0.15, 0.2) is 23.1 Å². The van der Waals surface area contributed by atoms with Crippen LogP contribution in [0.5, 0.6) is 0 Å². The lowest BCUT2D eigenvalue weighted by Gasteiger charge is -2.43. The Kier molecular flexibility index (Phi) is 5.07. The molecule has 2 bridgehead atoms. The van der Waals surface area contributed by atoms with E-state index in [1.54, 1.807) is 25.1 Å². The van der Waals surface area contributed by atoms with Crippen LogP contribution < -0.4 is 10.6 Å². The van der Waals surface area contributed by atoms with Gasteiger partial charge in [-0.05, 0) is 60.6 Å². The number of amides is 1. The fourth-order valence-electron chi connectivity index (χ4n) is 5.92. The van der Waals surface area contributed by atoms with Crippen molar-refractivity contribution in [2.24, 2.45) is 16.7 Å². The van der Waals surface area contributed by atoms with Crippen LogP contribution in [0.2, 0.25) is 0 Å². The SMILES string of the molecule is Cc1ccc(C(=O)NC2C(C)(C)[C@@H]3CC[C@]2(C)C3)cc1S(=O)(=O)N1CCNCC1. The van der Waals surface area contributed by atoms with Crippen LogP contribution in [0.3, 0.4) is 0 Å². The number of hydrogen-bond acceptors (Lipinski definition) is 4. The highest BCUT2D eigenvalue weighted by Crippen LogP contribution is 2.62. The topological polar surface area (TPSA) is 78.5 Å². The van der Waals surface area contributed by atoms with Crippen LogP contribution in [0.25, 0.3) is 0 Å². The lowest BCUT2D eigenvalue weighted by molar-refractivity contribution is 0.0737. The smallest absolute Gasteiger partial charge is 0.251 e. The second kappa shape index (κ2) is 7.06. The van der Waals surface area contributed by atoms with Crippen molar-refractivity contribution >= 4 is 15.9 Å². The molecule has 6 nitrogen and oxygen atoms in total. The molecule has 0 aromatic heterocycles. The maximum absolute atomic E-state index is 13.2. The zero-order valence-corrected chi connectivity index (χ0v) is 18.7. The predicted octanol–water partition coefficient (Wildman–Crippen LogP) is 2.53. The Balaban J connectivity index is 1.60. The van der Waals surface area contributed by atoms with E-state index < -0.39 is 10.0 Å². The van der Waals surface area contributed by atoms with Gasteiger partial charge < -0.3 is 10.6 Å². The summed E-state index contributed by atoms with van der Waals surface area (Å²) >= 11 is 0. The van der Waals surface area contributed by atoms with Gasteiger partial charge in [-0.25, -0.2) is 8.42 Å². The maximum Gasteiger partial charge on any atom is 0.251 e. The van der Waals surface area contributed by atoms with Crippen molar-refractivity contribution in [3.8, 4) is 0 Å². The Morgan fingerprint density at radius 3 is 2.52 bits per heavy atom. The van der Waals surface area contributed by atoms with Crippen LogP contribution in [0.4, 0.5) is 0 Å². The summed E-state index contributed by atoms with van der Waals surface area (Å²) < 4.78 is 27.8. The van der Waals surface area contributed by atoms with Crippen LogP contribution in [0, 0.1) is 23.7 Å². The van der Waals surface area contributed by atoms with Gasteiger partial charge in [-0.3, -0.25) is 4.79 Å². The van der Waals surface area contributed by atoms with Crippen LogP contribution in [0.1, 0.15) is 56.0 Å². The standard InChI is InChI=1S/C22H33N3O3S/c1-15-5-6-16(13-18(15)29(27,28)25-11-9-23-10-12-25)19(26)24-20-21(2,3)17-7-8-22(20,4)14-17/h5-6,13,17,20,23H,7-12,14H2,1-4H3,(H,24,26)/t17-,20?,22-/m1/s1. The molecule has 1 unspecified atom stereocenters. The minimum Gasteiger partial charge on any atom is -0.348 e. The molecule has 3 atom stereocenters.